The van der Waals surface area contributed by atoms with Crippen molar-refractivity contribution in [2.75, 3.05) is 5.32 Å². The van der Waals surface area contributed by atoms with Crippen LogP contribution in [0.15, 0.2) is 18.2 Å². The molecule has 0 aromatic heterocycles. The van der Waals surface area contributed by atoms with Gasteiger partial charge in [-0.05, 0) is 44.7 Å². The van der Waals surface area contributed by atoms with Crippen molar-refractivity contribution < 1.29 is 4.79 Å². The van der Waals surface area contributed by atoms with E-state index >= 15 is 0 Å². The van der Waals surface area contributed by atoms with E-state index in [2.05, 4.69) is 5.32 Å². The number of rotatable bonds is 5. The molecule has 3 nitrogen and oxygen atoms in total. The van der Waals surface area contributed by atoms with Crippen LogP contribution in [0.3, 0.4) is 0 Å². The lowest BCUT2D eigenvalue weighted by molar-refractivity contribution is -0.116. The van der Waals surface area contributed by atoms with E-state index in [1.807, 2.05) is 39.0 Å². The van der Waals surface area contributed by atoms with Crippen LogP contribution in [-0.2, 0) is 4.79 Å². The Morgan fingerprint density at radius 3 is 2.47 bits per heavy atom. The smallest absolute Gasteiger partial charge is 0.224 e. The fourth-order valence-electron chi connectivity index (χ4n) is 1.80. The first kappa shape index (κ1) is 13.7. The molecule has 0 unspecified atom stereocenters. The number of hydrogen-bond acceptors (Lipinski definition) is 2. The first-order valence-electron chi connectivity index (χ1n) is 6.12. The largest absolute Gasteiger partial charge is 0.328 e. The molecular formula is C14H22N2O. The Labute approximate surface area is 103 Å². The van der Waals surface area contributed by atoms with Gasteiger partial charge < -0.3 is 11.1 Å². The number of para-hydroxylation sites is 1. The van der Waals surface area contributed by atoms with Crippen molar-refractivity contribution in [3.63, 3.8) is 0 Å². The molecule has 3 N–H and O–H groups in total. The van der Waals surface area contributed by atoms with Crippen LogP contribution < -0.4 is 11.1 Å². The maximum atomic E-state index is 11.7. The molecule has 0 aliphatic rings. The molecule has 0 aliphatic carbocycles. The first-order valence-corrected chi connectivity index (χ1v) is 6.12. The van der Waals surface area contributed by atoms with Crippen LogP contribution in [-0.4, -0.2) is 11.9 Å². The Hall–Kier alpha value is -1.35. The van der Waals surface area contributed by atoms with E-state index in [-0.39, 0.29) is 11.9 Å². The molecule has 0 saturated carbocycles. The van der Waals surface area contributed by atoms with Crippen molar-refractivity contribution in [1.29, 1.82) is 0 Å². The first-order chi connectivity index (χ1) is 8.00. The van der Waals surface area contributed by atoms with Gasteiger partial charge in [0.15, 0.2) is 0 Å². The van der Waals surface area contributed by atoms with E-state index in [1.54, 1.807) is 0 Å². The van der Waals surface area contributed by atoms with Crippen molar-refractivity contribution in [3.05, 3.63) is 29.3 Å². The van der Waals surface area contributed by atoms with E-state index in [0.717, 1.165) is 29.7 Å². The van der Waals surface area contributed by atoms with Crippen molar-refractivity contribution in [3.8, 4) is 0 Å². The monoisotopic (exact) mass is 234 g/mol. The SMILES string of the molecule is Cc1cccc(C)c1NC(=O)CCC[C@@H](C)N. The number of aryl methyl sites for hydroxylation is 2. The van der Waals surface area contributed by atoms with Crippen LogP contribution in [0, 0.1) is 13.8 Å². The fraction of sp³-hybridized carbons (Fsp3) is 0.500. The predicted octanol–water partition coefficient (Wildman–Crippen LogP) is 2.76. The third-order valence-electron chi connectivity index (χ3n) is 2.81. The molecule has 1 atom stereocenters. The highest BCUT2D eigenvalue weighted by Crippen LogP contribution is 2.19. The molecule has 1 aromatic carbocycles. The molecule has 0 fully saturated rings. The minimum absolute atomic E-state index is 0.0723. The molecule has 1 rings (SSSR count). The molecule has 94 valence electrons. The molecule has 0 aliphatic heterocycles. The van der Waals surface area contributed by atoms with E-state index in [4.69, 9.17) is 5.73 Å². The Bertz CT molecular complexity index is 366. The van der Waals surface area contributed by atoms with Crippen molar-refractivity contribution in [2.24, 2.45) is 5.73 Å². The molecule has 0 heterocycles. The maximum absolute atomic E-state index is 11.7. The number of benzene rings is 1. The molecule has 0 radical (unpaired) electrons. The summed E-state index contributed by atoms with van der Waals surface area (Å²) in [6.45, 7) is 5.97. The molecular weight excluding hydrogens is 212 g/mol. The number of hydrogen-bond donors (Lipinski definition) is 2. The molecule has 0 saturated heterocycles. The average Bonchev–Trinajstić information content (AvgIpc) is 2.23. The van der Waals surface area contributed by atoms with Gasteiger partial charge in [0, 0.05) is 18.2 Å². The second-order valence-electron chi connectivity index (χ2n) is 4.68. The Morgan fingerprint density at radius 2 is 1.94 bits per heavy atom. The third-order valence-corrected chi connectivity index (χ3v) is 2.81. The van der Waals surface area contributed by atoms with Crippen molar-refractivity contribution in [1.82, 2.24) is 0 Å². The van der Waals surface area contributed by atoms with Crippen molar-refractivity contribution >= 4 is 11.6 Å². The topological polar surface area (TPSA) is 55.1 Å². The Balaban J connectivity index is 2.51. The molecule has 17 heavy (non-hydrogen) atoms. The normalized spacial score (nSPS) is 12.2. The highest BCUT2D eigenvalue weighted by molar-refractivity contribution is 5.92. The van der Waals surface area contributed by atoms with Gasteiger partial charge in [-0.2, -0.15) is 0 Å². The third kappa shape index (κ3) is 4.57. The number of nitrogens with one attached hydrogen (secondary N) is 1. The van der Waals surface area contributed by atoms with Gasteiger partial charge in [-0.25, -0.2) is 0 Å². The maximum Gasteiger partial charge on any atom is 0.224 e. The van der Waals surface area contributed by atoms with E-state index in [9.17, 15) is 4.79 Å². The summed E-state index contributed by atoms with van der Waals surface area (Å²) in [5.41, 5.74) is 8.80. The van der Waals surface area contributed by atoms with Gasteiger partial charge in [0.05, 0.1) is 0 Å². The van der Waals surface area contributed by atoms with Crippen LogP contribution in [0.2, 0.25) is 0 Å². The standard InChI is InChI=1S/C14H22N2O/c1-10-6-4-7-11(2)14(10)16-13(17)9-5-8-12(3)15/h4,6-7,12H,5,8-9,15H2,1-3H3,(H,16,17)/t12-/m1/s1. The Morgan fingerprint density at radius 1 is 1.35 bits per heavy atom. The summed E-state index contributed by atoms with van der Waals surface area (Å²) in [7, 11) is 0. The minimum atomic E-state index is 0.0723. The number of anilines is 1. The summed E-state index contributed by atoms with van der Waals surface area (Å²) in [6.07, 6.45) is 2.27. The summed E-state index contributed by atoms with van der Waals surface area (Å²) >= 11 is 0. The lowest BCUT2D eigenvalue weighted by Crippen LogP contribution is -2.17. The zero-order chi connectivity index (χ0) is 12.8. The Kier molecular flexibility index (Phi) is 5.16. The summed E-state index contributed by atoms with van der Waals surface area (Å²) in [6, 6.07) is 6.17. The average molecular weight is 234 g/mol. The van der Waals surface area contributed by atoms with E-state index in [0.29, 0.717) is 6.42 Å². The van der Waals surface area contributed by atoms with Crippen LogP contribution in [0.4, 0.5) is 5.69 Å². The van der Waals surface area contributed by atoms with Crippen molar-refractivity contribution in [2.45, 2.75) is 46.1 Å². The highest BCUT2D eigenvalue weighted by atomic mass is 16.1. The lowest BCUT2D eigenvalue weighted by atomic mass is 10.1. The lowest BCUT2D eigenvalue weighted by Gasteiger charge is -2.11. The van der Waals surface area contributed by atoms with Gasteiger partial charge in [-0.1, -0.05) is 18.2 Å². The minimum Gasteiger partial charge on any atom is -0.328 e. The van der Waals surface area contributed by atoms with Gasteiger partial charge in [-0.15, -0.1) is 0 Å². The summed E-state index contributed by atoms with van der Waals surface area (Å²) in [5.74, 6) is 0.0723. The fourth-order valence-corrected chi connectivity index (χ4v) is 1.80. The second-order valence-corrected chi connectivity index (χ2v) is 4.68. The molecule has 3 heteroatoms. The molecule has 0 spiro atoms. The van der Waals surface area contributed by atoms with Gasteiger partial charge in [0.25, 0.3) is 0 Å². The number of amides is 1. The molecule has 1 aromatic rings. The zero-order valence-corrected chi connectivity index (χ0v) is 10.9. The summed E-state index contributed by atoms with van der Waals surface area (Å²) in [5, 5.41) is 2.97. The molecule has 0 bridgehead atoms. The second kappa shape index (κ2) is 6.40. The van der Waals surface area contributed by atoms with E-state index in [1.165, 1.54) is 0 Å². The van der Waals surface area contributed by atoms with Gasteiger partial charge >= 0.3 is 0 Å². The quantitative estimate of drug-likeness (QED) is 0.823. The highest BCUT2D eigenvalue weighted by Gasteiger charge is 2.07. The molecule has 1 amide bonds. The summed E-state index contributed by atoms with van der Waals surface area (Å²) < 4.78 is 0. The van der Waals surface area contributed by atoms with Gasteiger partial charge in [0.1, 0.15) is 0 Å². The zero-order valence-electron chi connectivity index (χ0n) is 10.9. The van der Waals surface area contributed by atoms with Crippen LogP contribution in [0.25, 0.3) is 0 Å². The van der Waals surface area contributed by atoms with Gasteiger partial charge in [0.2, 0.25) is 5.91 Å². The number of carbonyl (C=O) groups is 1. The summed E-state index contributed by atoms with van der Waals surface area (Å²) in [4.78, 5) is 11.7. The van der Waals surface area contributed by atoms with Crippen LogP contribution in [0.5, 0.6) is 0 Å². The number of nitrogens with two attached hydrogens (primary N) is 1. The number of carbonyl (C=O) groups excluding carboxylic acids is 1. The predicted molar refractivity (Wildman–Crippen MR) is 72.0 cm³/mol. The van der Waals surface area contributed by atoms with E-state index < -0.39 is 0 Å². The van der Waals surface area contributed by atoms with Gasteiger partial charge in [-0.3, -0.25) is 4.79 Å². The van der Waals surface area contributed by atoms with Crippen LogP contribution in [0.1, 0.15) is 37.3 Å². The van der Waals surface area contributed by atoms with Crippen LogP contribution >= 0.6 is 0 Å².